The molecule has 186 valence electrons. The SMILES string of the molecule is COc1c(S(C)(=O)=O)ccc(O[C@@H](C)C(F)(F)F)c1C(=O)N1CC(Oc2c(C)cccc2C)C1. The average molecular weight is 502 g/mol. The van der Waals surface area contributed by atoms with E-state index in [2.05, 4.69) is 0 Å². The van der Waals surface area contributed by atoms with Crippen LogP contribution in [-0.4, -0.2) is 64.1 Å². The summed E-state index contributed by atoms with van der Waals surface area (Å²) in [5.41, 5.74) is 1.49. The van der Waals surface area contributed by atoms with Crippen molar-refractivity contribution < 1.29 is 40.6 Å². The minimum absolute atomic E-state index is 0.160. The van der Waals surface area contributed by atoms with Crippen molar-refractivity contribution in [3.8, 4) is 17.2 Å². The predicted octanol–water partition coefficient (Wildman–Crippen LogP) is 3.95. The molecule has 0 aromatic heterocycles. The zero-order valence-corrected chi connectivity index (χ0v) is 20.2. The van der Waals surface area contributed by atoms with Crippen molar-refractivity contribution in [3.05, 3.63) is 47.0 Å². The lowest BCUT2D eigenvalue weighted by molar-refractivity contribution is -0.189. The number of rotatable bonds is 7. The van der Waals surface area contributed by atoms with Gasteiger partial charge in [0.05, 0.1) is 20.2 Å². The Morgan fingerprint density at radius 3 is 2.18 bits per heavy atom. The Morgan fingerprint density at radius 2 is 1.68 bits per heavy atom. The minimum atomic E-state index is -4.69. The monoisotopic (exact) mass is 501 g/mol. The number of alkyl halides is 3. The van der Waals surface area contributed by atoms with Gasteiger partial charge in [-0.2, -0.15) is 13.2 Å². The van der Waals surface area contributed by atoms with Gasteiger partial charge in [-0.05, 0) is 44.0 Å². The van der Waals surface area contributed by atoms with Crippen molar-refractivity contribution in [2.45, 2.75) is 44.1 Å². The largest absolute Gasteiger partial charge is 0.494 e. The number of amides is 1. The molecular formula is C23H26F3NO6S. The van der Waals surface area contributed by atoms with Gasteiger partial charge in [-0.1, -0.05) is 18.2 Å². The van der Waals surface area contributed by atoms with Gasteiger partial charge < -0.3 is 19.1 Å². The molecule has 3 rings (SSSR count). The van der Waals surface area contributed by atoms with Crippen LogP contribution in [0.2, 0.25) is 0 Å². The summed E-state index contributed by atoms with van der Waals surface area (Å²) in [6, 6.07) is 7.80. The van der Waals surface area contributed by atoms with E-state index < -0.39 is 33.8 Å². The molecule has 0 aliphatic carbocycles. The molecule has 11 heteroatoms. The molecule has 1 aliphatic heterocycles. The van der Waals surface area contributed by atoms with Crippen LogP contribution in [-0.2, 0) is 9.84 Å². The Kier molecular flexibility index (Phi) is 7.07. The van der Waals surface area contributed by atoms with Gasteiger partial charge in [0.1, 0.15) is 28.1 Å². The first-order chi connectivity index (χ1) is 15.7. The molecular weight excluding hydrogens is 475 g/mol. The number of benzene rings is 2. The van der Waals surface area contributed by atoms with E-state index in [1.54, 1.807) is 0 Å². The van der Waals surface area contributed by atoms with Crippen molar-refractivity contribution in [2.24, 2.45) is 0 Å². The summed E-state index contributed by atoms with van der Waals surface area (Å²) in [6.45, 7) is 4.91. The van der Waals surface area contributed by atoms with Gasteiger partial charge >= 0.3 is 6.18 Å². The summed E-state index contributed by atoms with van der Waals surface area (Å²) >= 11 is 0. The van der Waals surface area contributed by atoms with Gasteiger partial charge in [-0.3, -0.25) is 4.79 Å². The van der Waals surface area contributed by atoms with Crippen molar-refractivity contribution in [2.75, 3.05) is 26.5 Å². The number of sulfone groups is 1. The van der Waals surface area contributed by atoms with E-state index in [1.165, 1.54) is 4.90 Å². The number of ether oxygens (including phenoxy) is 3. The second-order valence-corrected chi connectivity index (χ2v) is 10.2. The molecule has 1 heterocycles. The van der Waals surface area contributed by atoms with Gasteiger partial charge in [-0.15, -0.1) is 0 Å². The molecule has 0 bridgehead atoms. The number of halogens is 3. The van der Waals surface area contributed by atoms with E-state index in [0.717, 1.165) is 43.5 Å². The summed E-state index contributed by atoms with van der Waals surface area (Å²) in [7, 11) is -2.71. The number of likely N-dealkylation sites (tertiary alicyclic amines) is 1. The lowest BCUT2D eigenvalue weighted by Gasteiger charge is -2.40. The Balaban J connectivity index is 1.91. The molecule has 1 amide bonds. The fourth-order valence-corrected chi connectivity index (χ4v) is 4.42. The van der Waals surface area contributed by atoms with Crippen LogP contribution in [0.4, 0.5) is 13.2 Å². The molecule has 1 aliphatic rings. The third kappa shape index (κ3) is 5.24. The van der Waals surface area contributed by atoms with Gasteiger partial charge in [0.2, 0.25) is 0 Å². The summed E-state index contributed by atoms with van der Waals surface area (Å²) < 4.78 is 80.0. The topological polar surface area (TPSA) is 82.1 Å². The maximum absolute atomic E-state index is 13.3. The van der Waals surface area contributed by atoms with Gasteiger partial charge in [0.15, 0.2) is 21.7 Å². The molecule has 0 unspecified atom stereocenters. The van der Waals surface area contributed by atoms with Crippen LogP contribution >= 0.6 is 0 Å². The van der Waals surface area contributed by atoms with E-state index in [4.69, 9.17) is 14.2 Å². The fraction of sp³-hybridized carbons (Fsp3) is 0.435. The molecule has 1 atom stereocenters. The highest BCUT2D eigenvalue weighted by atomic mass is 32.2. The lowest BCUT2D eigenvalue weighted by atomic mass is 10.1. The van der Waals surface area contributed by atoms with Crippen LogP contribution in [0.1, 0.15) is 28.4 Å². The van der Waals surface area contributed by atoms with Gasteiger partial charge in [-0.25, -0.2) is 8.42 Å². The normalized spacial score (nSPS) is 15.5. The van der Waals surface area contributed by atoms with Crippen LogP contribution in [0.5, 0.6) is 17.2 Å². The second kappa shape index (κ2) is 9.36. The highest BCUT2D eigenvalue weighted by Gasteiger charge is 2.41. The number of methoxy groups -OCH3 is 1. The average Bonchev–Trinajstić information content (AvgIpc) is 2.69. The fourth-order valence-electron chi connectivity index (χ4n) is 3.59. The predicted molar refractivity (Wildman–Crippen MR) is 118 cm³/mol. The first-order valence-electron chi connectivity index (χ1n) is 10.4. The molecule has 34 heavy (non-hydrogen) atoms. The van der Waals surface area contributed by atoms with Crippen molar-refractivity contribution in [3.63, 3.8) is 0 Å². The molecule has 1 saturated heterocycles. The molecule has 2 aromatic rings. The third-order valence-electron chi connectivity index (χ3n) is 5.49. The highest BCUT2D eigenvalue weighted by molar-refractivity contribution is 7.90. The lowest BCUT2D eigenvalue weighted by Crippen LogP contribution is -2.56. The quantitative estimate of drug-likeness (QED) is 0.572. The first kappa shape index (κ1) is 25.7. The standard InChI is InChI=1S/C23H26F3NO6S/c1-13-7-6-8-14(2)20(13)33-16-11-27(12-16)22(28)19-17(32-15(3)23(24,25)26)9-10-18(21(19)31-4)34(5,29)30/h6-10,15-16H,11-12H2,1-5H3/t15-/m0/s1. The smallest absolute Gasteiger partial charge is 0.425 e. The van der Waals surface area contributed by atoms with E-state index in [0.29, 0.717) is 5.75 Å². The number of para-hydroxylation sites is 1. The van der Waals surface area contributed by atoms with Crippen LogP contribution in [0, 0.1) is 13.8 Å². The summed E-state index contributed by atoms with van der Waals surface area (Å²) in [6.07, 6.45) is -6.34. The van der Waals surface area contributed by atoms with Crippen molar-refractivity contribution >= 4 is 15.7 Å². The van der Waals surface area contributed by atoms with Crippen LogP contribution in [0.25, 0.3) is 0 Å². The Hall–Kier alpha value is -2.95. The van der Waals surface area contributed by atoms with E-state index >= 15 is 0 Å². The molecule has 0 spiro atoms. The molecule has 0 N–H and O–H groups in total. The second-order valence-electron chi connectivity index (χ2n) is 8.21. The maximum atomic E-state index is 13.3. The minimum Gasteiger partial charge on any atom is -0.494 e. The molecule has 1 fully saturated rings. The number of hydrogen-bond donors (Lipinski definition) is 0. The number of aryl methyl sites for hydroxylation is 2. The van der Waals surface area contributed by atoms with E-state index in [-0.39, 0.29) is 35.4 Å². The van der Waals surface area contributed by atoms with E-state index in [9.17, 15) is 26.4 Å². The summed E-state index contributed by atoms with van der Waals surface area (Å²) in [5, 5.41) is 0. The molecule has 2 aromatic carbocycles. The van der Waals surface area contributed by atoms with Crippen molar-refractivity contribution in [1.29, 1.82) is 0 Å². The summed E-state index contributed by atoms with van der Waals surface area (Å²) in [4.78, 5) is 14.3. The first-order valence-corrected chi connectivity index (χ1v) is 12.3. The Morgan fingerprint density at radius 1 is 1.09 bits per heavy atom. The Bertz CT molecular complexity index is 1170. The molecule has 0 saturated carbocycles. The summed E-state index contributed by atoms with van der Waals surface area (Å²) in [5.74, 6) is -0.788. The zero-order chi connectivity index (χ0) is 25.4. The van der Waals surface area contributed by atoms with Gasteiger partial charge in [0, 0.05) is 6.26 Å². The zero-order valence-electron chi connectivity index (χ0n) is 19.4. The number of nitrogens with zero attached hydrogens (tertiary/aromatic N) is 1. The highest BCUT2D eigenvalue weighted by Crippen LogP contribution is 2.39. The van der Waals surface area contributed by atoms with Crippen LogP contribution in [0.15, 0.2) is 35.2 Å². The van der Waals surface area contributed by atoms with Crippen LogP contribution < -0.4 is 14.2 Å². The van der Waals surface area contributed by atoms with Crippen molar-refractivity contribution in [1.82, 2.24) is 4.90 Å². The maximum Gasteiger partial charge on any atom is 0.425 e. The van der Waals surface area contributed by atoms with Crippen LogP contribution in [0.3, 0.4) is 0 Å². The Labute approximate surface area is 196 Å². The molecule has 7 nitrogen and oxygen atoms in total. The number of hydrogen-bond acceptors (Lipinski definition) is 6. The van der Waals surface area contributed by atoms with Gasteiger partial charge in [0.25, 0.3) is 5.91 Å². The van der Waals surface area contributed by atoms with E-state index in [1.807, 2.05) is 32.0 Å². The molecule has 0 radical (unpaired) electrons. The third-order valence-corrected chi connectivity index (χ3v) is 6.61. The number of carbonyl (C=O) groups excluding carboxylic acids is 1. The number of carbonyl (C=O) groups is 1.